The number of unbranched alkanes of at least 4 members (excludes halogenated alkanes) is 2. The monoisotopic (exact) mass is 292 g/mol. The molecule has 0 aliphatic heterocycles. The van der Waals surface area contributed by atoms with Crippen LogP contribution >= 0.6 is 0 Å². The molecule has 0 heterocycles. The number of carboxylic acid groups (broad SMARTS) is 1. The summed E-state index contributed by atoms with van der Waals surface area (Å²) in [6.45, 7) is 0.646. The molecule has 5 heteroatoms. The summed E-state index contributed by atoms with van der Waals surface area (Å²) >= 11 is 0. The Balaban J connectivity index is 2.52. The fraction of sp³-hybridized carbons (Fsp3) is 0.500. The first-order valence-corrected chi connectivity index (χ1v) is 7.39. The van der Waals surface area contributed by atoms with Gasteiger partial charge in [0.15, 0.2) is 0 Å². The van der Waals surface area contributed by atoms with Gasteiger partial charge >= 0.3 is 5.97 Å². The molecule has 0 fully saturated rings. The minimum Gasteiger partial charge on any atom is -0.481 e. The van der Waals surface area contributed by atoms with E-state index in [1.807, 2.05) is 30.3 Å². The molecular weight excluding hydrogens is 268 g/mol. The molecule has 0 bridgehead atoms. The first-order chi connectivity index (χ1) is 10.1. The predicted molar refractivity (Wildman–Crippen MR) is 81.7 cm³/mol. The standard InChI is InChI=1S/C16H24N2O3/c17-12-6-2-5-9-15(19)18-14(10-11-16(20)21)13-7-3-1-4-8-13/h1,3-4,7-8,14H,2,5-6,9-12,17H2,(H,18,19)(H,20,21). The maximum atomic E-state index is 11.9. The number of carboxylic acids is 1. The fourth-order valence-corrected chi connectivity index (χ4v) is 2.15. The van der Waals surface area contributed by atoms with Crippen molar-refractivity contribution in [2.45, 2.75) is 44.6 Å². The highest BCUT2D eigenvalue weighted by Gasteiger charge is 2.15. The SMILES string of the molecule is NCCCCCC(=O)NC(CCC(=O)O)c1ccccc1. The molecule has 116 valence electrons. The second-order valence-electron chi connectivity index (χ2n) is 5.06. The van der Waals surface area contributed by atoms with Gasteiger partial charge in [0.2, 0.25) is 5.91 Å². The number of benzene rings is 1. The van der Waals surface area contributed by atoms with Gasteiger partial charge in [-0.2, -0.15) is 0 Å². The maximum absolute atomic E-state index is 11.9. The number of amides is 1. The lowest BCUT2D eigenvalue weighted by Crippen LogP contribution is -2.28. The summed E-state index contributed by atoms with van der Waals surface area (Å²) < 4.78 is 0. The Morgan fingerprint density at radius 3 is 2.43 bits per heavy atom. The Hall–Kier alpha value is -1.88. The van der Waals surface area contributed by atoms with Gasteiger partial charge in [-0.15, -0.1) is 0 Å². The highest BCUT2D eigenvalue weighted by molar-refractivity contribution is 5.76. The van der Waals surface area contributed by atoms with Crippen LogP contribution in [0, 0.1) is 0 Å². The third kappa shape index (κ3) is 7.46. The third-order valence-corrected chi connectivity index (χ3v) is 3.29. The van der Waals surface area contributed by atoms with E-state index in [0.29, 0.717) is 19.4 Å². The van der Waals surface area contributed by atoms with Crippen molar-refractivity contribution < 1.29 is 14.7 Å². The number of nitrogens with one attached hydrogen (secondary N) is 1. The molecule has 0 saturated heterocycles. The largest absolute Gasteiger partial charge is 0.481 e. The molecule has 0 aromatic heterocycles. The summed E-state index contributed by atoms with van der Waals surface area (Å²) in [6, 6.07) is 9.23. The average molecular weight is 292 g/mol. The van der Waals surface area contributed by atoms with E-state index in [0.717, 1.165) is 24.8 Å². The lowest BCUT2D eigenvalue weighted by atomic mass is 10.0. The van der Waals surface area contributed by atoms with E-state index < -0.39 is 5.97 Å². The van der Waals surface area contributed by atoms with Crippen LogP contribution in [0.5, 0.6) is 0 Å². The van der Waals surface area contributed by atoms with E-state index in [1.165, 1.54) is 0 Å². The minimum absolute atomic E-state index is 0.0347. The first-order valence-electron chi connectivity index (χ1n) is 7.39. The fourth-order valence-electron chi connectivity index (χ4n) is 2.15. The highest BCUT2D eigenvalue weighted by Crippen LogP contribution is 2.18. The van der Waals surface area contributed by atoms with Crippen molar-refractivity contribution in [2.24, 2.45) is 5.73 Å². The summed E-state index contributed by atoms with van der Waals surface area (Å²) in [5.74, 6) is -0.889. The van der Waals surface area contributed by atoms with E-state index in [9.17, 15) is 9.59 Å². The lowest BCUT2D eigenvalue weighted by Gasteiger charge is -2.18. The van der Waals surface area contributed by atoms with Gasteiger partial charge in [0, 0.05) is 12.8 Å². The molecule has 1 aromatic carbocycles. The van der Waals surface area contributed by atoms with Crippen molar-refractivity contribution in [1.29, 1.82) is 0 Å². The molecule has 0 aliphatic carbocycles. The molecular formula is C16H24N2O3. The van der Waals surface area contributed by atoms with E-state index in [2.05, 4.69) is 5.32 Å². The molecule has 0 spiro atoms. The van der Waals surface area contributed by atoms with Gasteiger partial charge in [0.05, 0.1) is 6.04 Å². The van der Waals surface area contributed by atoms with Crippen LogP contribution in [0.3, 0.4) is 0 Å². The van der Waals surface area contributed by atoms with Crippen molar-refractivity contribution >= 4 is 11.9 Å². The molecule has 0 aliphatic rings. The van der Waals surface area contributed by atoms with Gasteiger partial charge in [0.1, 0.15) is 0 Å². The number of carbonyl (C=O) groups excluding carboxylic acids is 1. The number of carbonyl (C=O) groups is 2. The Morgan fingerprint density at radius 2 is 1.81 bits per heavy atom. The van der Waals surface area contributed by atoms with Crippen LogP contribution in [0.25, 0.3) is 0 Å². The summed E-state index contributed by atoms with van der Waals surface area (Å²) in [6.07, 6.45) is 3.56. The number of hydrogen-bond acceptors (Lipinski definition) is 3. The molecule has 1 rings (SSSR count). The zero-order valence-corrected chi connectivity index (χ0v) is 12.3. The second kappa shape index (κ2) is 9.94. The molecule has 0 saturated carbocycles. The van der Waals surface area contributed by atoms with Crippen molar-refractivity contribution in [3.8, 4) is 0 Å². The van der Waals surface area contributed by atoms with Gasteiger partial charge in [0.25, 0.3) is 0 Å². The summed E-state index contributed by atoms with van der Waals surface area (Å²) in [5.41, 5.74) is 6.35. The molecule has 21 heavy (non-hydrogen) atoms. The second-order valence-corrected chi connectivity index (χ2v) is 5.06. The summed E-state index contributed by atoms with van der Waals surface area (Å²) in [7, 11) is 0. The molecule has 1 aromatic rings. The van der Waals surface area contributed by atoms with Gasteiger partial charge in [-0.25, -0.2) is 0 Å². The number of aliphatic carboxylic acids is 1. The lowest BCUT2D eigenvalue weighted by molar-refractivity contribution is -0.137. The normalized spacial score (nSPS) is 11.9. The van der Waals surface area contributed by atoms with E-state index in [-0.39, 0.29) is 18.4 Å². The number of hydrogen-bond donors (Lipinski definition) is 3. The van der Waals surface area contributed by atoms with Crippen LogP contribution in [-0.4, -0.2) is 23.5 Å². The highest BCUT2D eigenvalue weighted by atomic mass is 16.4. The smallest absolute Gasteiger partial charge is 0.303 e. The van der Waals surface area contributed by atoms with Crippen molar-refractivity contribution in [3.63, 3.8) is 0 Å². The summed E-state index contributed by atoms with van der Waals surface area (Å²) in [5, 5.41) is 11.8. The van der Waals surface area contributed by atoms with Crippen molar-refractivity contribution in [3.05, 3.63) is 35.9 Å². The van der Waals surface area contributed by atoms with Crippen LogP contribution in [0.4, 0.5) is 0 Å². The van der Waals surface area contributed by atoms with Crippen LogP contribution in [0.15, 0.2) is 30.3 Å². The predicted octanol–water partition coefficient (Wildman–Crippen LogP) is 2.23. The summed E-state index contributed by atoms with van der Waals surface area (Å²) in [4.78, 5) is 22.7. The van der Waals surface area contributed by atoms with E-state index in [4.69, 9.17) is 10.8 Å². The van der Waals surface area contributed by atoms with E-state index >= 15 is 0 Å². The van der Waals surface area contributed by atoms with Crippen LogP contribution in [-0.2, 0) is 9.59 Å². The van der Waals surface area contributed by atoms with Crippen LogP contribution in [0.1, 0.15) is 50.1 Å². The number of rotatable bonds is 10. The minimum atomic E-state index is -0.854. The van der Waals surface area contributed by atoms with Gasteiger partial charge in [-0.3, -0.25) is 9.59 Å². The molecule has 0 radical (unpaired) electrons. The van der Waals surface area contributed by atoms with Gasteiger partial charge in [-0.05, 0) is 31.4 Å². The number of nitrogens with two attached hydrogens (primary N) is 1. The van der Waals surface area contributed by atoms with Crippen LogP contribution in [0.2, 0.25) is 0 Å². The van der Waals surface area contributed by atoms with Crippen LogP contribution < -0.4 is 11.1 Å². The molecule has 5 nitrogen and oxygen atoms in total. The topological polar surface area (TPSA) is 92.4 Å². The zero-order valence-electron chi connectivity index (χ0n) is 12.3. The van der Waals surface area contributed by atoms with E-state index in [1.54, 1.807) is 0 Å². The Labute approximate surface area is 125 Å². The maximum Gasteiger partial charge on any atom is 0.303 e. The van der Waals surface area contributed by atoms with Gasteiger partial charge in [-0.1, -0.05) is 36.8 Å². The quantitative estimate of drug-likeness (QED) is 0.577. The molecule has 1 amide bonds. The molecule has 4 N–H and O–H groups in total. The van der Waals surface area contributed by atoms with Gasteiger partial charge < -0.3 is 16.2 Å². The zero-order chi connectivity index (χ0) is 15.5. The third-order valence-electron chi connectivity index (χ3n) is 3.29. The first kappa shape index (κ1) is 17.2. The molecule has 1 atom stereocenters. The Morgan fingerprint density at radius 1 is 1.10 bits per heavy atom. The van der Waals surface area contributed by atoms with Crippen molar-refractivity contribution in [2.75, 3.05) is 6.54 Å². The average Bonchev–Trinajstić information content (AvgIpc) is 2.48. The molecule has 1 unspecified atom stereocenters. The Bertz CT molecular complexity index is 434. The van der Waals surface area contributed by atoms with Crippen molar-refractivity contribution in [1.82, 2.24) is 5.32 Å². The Kier molecular flexibility index (Phi) is 8.12.